The Morgan fingerprint density at radius 1 is 1.30 bits per heavy atom. The van der Waals surface area contributed by atoms with Crippen molar-refractivity contribution in [3.63, 3.8) is 0 Å². The number of carbonyl (C=O) groups excluding carboxylic acids is 1. The van der Waals surface area contributed by atoms with Gasteiger partial charge in [-0.2, -0.15) is 17.5 Å². The first kappa shape index (κ1) is 20.8. The zero-order valence-corrected chi connectivity index (χ0v) is 15.2. The van der Waals surface area contributed by atoms with Crippen LogP contribution in [0.4, 0.5) is 18.9 Å². The summed E-state index contributed by atoms with van der Waals surface area (Å²) in [5.41, 5.74) is 0.0241. The summed E-state index contributed by atoms with van der Waals surface area (Å²) in [7, 11) is -3.24. The second-order valence-corrected chi connectivity index (χ2v) is 7.45. The van der Waals surface area contributed by atoms with Crippen LogP contribution in [0.3, 0.4) is 0 Å². The molecule has 1 amide bonds. The predicted molar refractivity (Wildman–Crippen MR) is 89.7 cm³/mol. The number of hydrogen-bond donors (Lipinski definition) is 1. The van der Waals surface area contributed by atoms with Gasteiger partial charge in [0.2, 0.25) is 15.9 Å². The number of alkyl halides is 3. The van der Waals surface area contributed by atoms with E-state index in [1.54, 1.807) is 0 Å². The van der Waals surface area contributed by atoms with E-state index in [0.717, 1.165) is 12.1 Å². The molecule has 2 aromatic rings. The molecule has 0 aliphatic rings. The average Bonchev–Trinajstić information content (AvgIpc) is 3.05. The van der Waals surface area contributed by atoms with E-state index in [4.69, 9.17) is 9.15 Å². The molecule has 0 radical (unpaired) electrons. The number of nitrogens with one attached hydrogen (secondary N) is 1. The van der Waals surface area contributed by atoms with Crippen LogP contribution < -0.4 is 10.1 Å². The van der Waals surface area contributed by atoms with Crippen LogP contribution in [0.25, 0.3) is 0 Å². The summed E-state index contributed by atoms with van der Waals surface area (Å²) in [6, 6.07) is 6.20. The van der Waals surface area contributed by atoms with Gasteiger partial charge in [0.25, 0.3) is 0 Å². The molecular formula is C16H17F3N2O5S. The normalized spacial score (nSPS) is 12.2. The van der Waals surface area contributed by atoms with Gasteiger partial charge in [-0.15, -0.1) is 0 Å². The zero-order chi connectivity index (χ0) is 20.2. The topological polar surface area (TPSA) is 88.8 Å². The van der Waals surface area contributed by atoms with E-state index < -0.39 is 40.1 Å². The molecule has 0 fully saturated rings. The Morgan fingerprint density at radius 3 is 2.52 bits per heavy atom. The van der Waals surface area contributed by atoms with Crippen molar-refractivity contribution in [2.24, 2.45) is 0 Å². The molecule has 11 heteroatoms. The van der Waals surface area contributed by atoms with Crippen LogP contribution in [0.2, 0.25) is 0 Å². The number of hydrogen-bond acceptors (Lipinski definition) is 5. The maximum Gasteiger partial charge on any atom is 0.402 e. The predicted octanol–water partition coefficient (Wildman–Crippen LogP) is 3.00. The molecule has 0 saturated heterocycles. The van der Waals surface area contributed by atoms with Crippen LogP contribution in [-0.2, 0) is 21.4 Å². The van der Waals surface area contributed by atoms with E-state index in [0.29, 0.717) is 0 Å². The van der Waals surface area contributed by atoms with E-state index >= 15 is 0 Å². The Morgan fingerprint density at radius 2 is 2.00 bits per heavy atom. The molecule has 0 aliphatic heterocycles. The smallest absolute Gasteiger partial charge is 0.402 e. The molecule has 0 unspecified atom stereocenters. The Bertz CT molecular complexity index is 895. The lowest BCUT2D eigenvalue weighted by Crippen LogP contribution is -2.38. The number of anilines is 1. The number of rotatable bonds is 7. The van der Waals surface area contributed by atoms with Crippen molar-refractivity contribution in [2.75, 3.05) is 19.0 Å². The Hall–Kier alpha value is -2.53. The van der Waals surface area contributed by atoms with Crippen molar-refractivity contribution in [3.8, 4) is 5.75 Å². The van der Waals surface area contributed by atoms with E-state index in [2.05, 4.69) is 5.32 Å². The summed E-state index contributed by atoms with van der Waals surface area (Å²) in [5.74, 6) is -0.276. The number of halogens is 3. The molecule has 0 spiro atoms. The number of sulfonamides is 1. The maximum atomic E-state index is 12.9. The summed E-state index contributed by atoms with van der Waals surface area (Å²) in [6.07, 6.45) is -3.53. The fraction of sp³-hybridized carbons (Fsp3) is 0.312. The van der Waals surface area contributed by atoms with Gasteiger partial charge in [0.1, 0.15) is 18.1 Å². The van der Waals surface area contributed by atoms with Crippen LogP contribution >= 0.6 is 0 Å². The van der Waals surface area contributed by atoms with Gasteiger partial charge in [0, 0.05) is 6.92 Å². The minimum atomic E-state index is -4.76. The summed E-state index contributed by atoms with van der Waals surface area (Å²) >= 11 is 0. The van der Waals surface area contributed by atoms with Gasteiger partial charge in [-0.3, -0.25) is 4.79 Å². The molecular weight excluding hydrogens is 389 g/mol. The Kier molecular flexibility index (Phi) is 6.16. The highest BCUT2D eigenvalue weighted by Crippen LogP contribution is 2.31. The number of carbonyl (C=O) groups is 1. The van der Waals surface area contributed by atoms with Crippen LogP contribution in [0.15, 0.2) is 45.9 Å². The van der Waals surface area contributed by atoms with Crippen LogP contribution in [0, 0.1) is 0 Å². The first-order valence-corrected chi connectivity index (χ1v) is 9.02. The quantitative estimate of drug-likeness (QED) is 0.764. The van der Waals surface area contributed by atoms with Gasteiger partial charge >= 0.3 is 6.18 Å². The highest BCUT2D eigenvalue weighted by Gasteiger charge is 2.37. The number of amides is 1. The molecule has 0 atom stereocenters. The van der Waals surface area contributed by atoms with E-state index in [1.165, 1.54) is 38.5 Å². The Balaban J connectivity index is 2.46. The monoisotopic (exact) mass is 406 g/mol. The summed E-state index contributed by atoms with van der Waals surface area (Å²) in [4.78, 5) is 10.9. The minimum absolute atomic E-state index is 0.0241. The lowest BCUT2D eigenvalue weighted by Gasteiger charge is -2.23. The van der Waals surface area contributed by atoms with Gasteiger partial charge < -0.3 is 14.5 Å². The van der Waals surface area contributed by atoms with E-state index in [-0.39, 0.29) is 21.5 Å². The second kappa shape index (κ2) is 8.01. The van der Waals surface area contributed by atoms with Crippen LogP contribution in [-0.4, -0.2) is 38.5 Å². The van der Waals surface area contributed by atoms with Crippen molar-refractivity contribution in [2.45, 2.75) is 24.5 Å². The number of benzene rings is 1. The summed E-state index contributed by atoms with van der Waals surface area (Å²) in [6.45, 7) is -1.10. The molecule has 0 bridgehead atoms. The number of methoxy groups -OCH3 is 1. The largest absolute Gasteiger partial charge is 0.495 e. The van der Waals surface area contributed by atoms with Crippen molar-refractivity contribution < 1.29 is 35.5 Å². The minimum Gasteiger partial charge on any atom is -0.495 e. The number of furan rings is 1. The Labute approximate surface area is 153 Å². The average molecular weight is 406 g/mol. The van der Waals surface area contributed by atoms with Crippen molar-refractivity contribution in [3.05, 3.63) is 42.4 Å². The number of ether oxygens (including phenoxy) is 1. The molecule has 1 aromatic carbocycles. The highest BCUT2D eigenvalue weighted by molar-refractivity contribution is 7.89. The highest BCUT2D eigenvalue weighted by atomic mass is 32.2. The first-order valence-electron chi connectivity index (χ1n) is 7.58. The third-order valence-corrected chi connectivity index (χ3v) is 5.18. The third kappa shape index (κ3) is 5.47. The van der Waals surface area contributed by atoms with Gasteiger partial charge in [-0.1, -0.05) is 0 Å². The third-order valence-electron chi connectivity index (χ3n) is 3.39. The van der Waals surface area contributed by atoms with Crippen LogP contribution in [0.5, 0.6) is 5.75 Å². The fourth-order valence-corrected chi connectivity index (χ4v) is 3.70. The molecule has 27 heavy (non-hydrogen) atoms. The van der Waals surface area contributed by atoms with Crippen LogP contribution in [0.1, 0.15) is 12.7 Å². The SMILES string of the molecule is COc1ccc(S(=O)(=O)N(Cc2ccco2)CC(F)(F)F)cc1NC(C)=O. The molecule has 148 valence electrons. The first-order chi connectivity index (χ1) is 12.5. The molecule has 1 aromatic heterocycles. The molecule has 2 rings (SSSR count). The summed E-state index contributed by atoms with van der Waals surface area (Å²) in [5, 5.41) is 2.38. The van der Waals surface area contributed by atoms with Crippen molar-refractivity contribution in [1.82, 2.24) is 4.31 Å². The van der Waals surface area contributed by atoms with Gasteiger partial charge in [0.15, 0.2) is 0 Å². The second-order valence-electron chi connectivity index (χ2n) is 5.51. The molecule has 1 N–H and O–H groups in total. The zero-order valence-electron chi connectivity index (χ0n) is 14.4. The van der Waals surface area contributed by atoms with E-state index in [1.807, 2.05) is 0 Å². The molecule has 0 saturated carbocycles. The van der Waals surface area contributed by atoms with Gasteiger partial charge in [-0.25, -0.2) is 8.42 Å². The molecule has 1 heterocycles. The van der Waals surface area contributed by atoms with Gasteiger partial charge in [0.05, 0.1) is 30.5 Å². The lowest BCUT2D eigenvalue weighted by molar-refractivity contribution is -0.137. The number of nitrogens with zero attached hydrogens (tertiary/aromatic N) is 1. The lowest BCUT2D eigenvalue weighted by atomic mass is 10.3. The van der Waals surface area contributed by atoms with Crippen molar-refractivity contribution in [1.29, 1.82) is 0 Å². The molecule has 0 aliphatic carbocycles. The fourth-order valence-electron chi connectivity index (χ4n) is 2.29. The van der Waals surface area contributed by atoms with Gasteiger partial charge in [-0.05, 0) is 30.3 Å². The van der Waals surface area contributed by atoms with Crippen molar-refractivity contribution >= 4 is 21.6 Å². The maximum absolute atomic E-state index is 12.9. The van der Waals surface area contributed by atoms with E-state index in [9.17, 15) is 26.4 Å². The molecule has 7 nitrogen and oxygen atoms in total. The standard InChI is InChI=1S/C16H17F3N2O5S/c1-11(22)20-14-8-13(5-6-15(14)25-2)27(23,24)21(10-16(17,18)19)9-12-4-3-7-26-12/h3-8H,9-10H2,1-2H3,(H,20,22). The summed E-state index contributed by atoms with van der Waals surface area (Å²) < 4.78 is 74.7.